The zero-order chi connectivity index (χ0) is 14.3. The monoisotopic (exact) mass is 271 g/mol. The molecule has 0 bridgehead atoms. The van der Waals surface area contributed by atoms with Gasteiger partial charge in [0.1, 0.15) is 5.75 Å². The van der Waals surface area contributed by atoms with E-state index in [1.54, 1.807) is 12.1 Å². The molecule has 1 aromatic carbocycles. The van der Waals surface area contributed by atoms with Crippen molar-refractivity contribution in [1.82, 2.24) is 5.32 Å². The van der Waals surface area contributed by atoms with E-state index < -0.39 is 6.61 Å². The van der Waals surface area contributed by atoms with Crippen molar-refractivity contribution >= 4 is 5.91 Å². The number of benzene rings is 1. The largest absolute Gasteiger partial charge is 0.435 e. The van der Waals surface area contributed by atoms with Crippen LogP contribution in [-0.2, 0) is 11.3 Å². The number of alkyl halides is 2. The number of amides is 1. The molecule has 5 heteroatoms. The highest BCUT2D eigenvalue weighted by atomic mass is 19.3. The van der Waals surface area contributed by atoms with Crippen LogP contribution in [0.1, 0.15) is 32.3 Å². The molecule has 0 saturated carbocycles. The van der Waals surface area contributed by atoms with Crippen LogP contribution in [0.4, 0.5) is 8.78 Å². The third kappa shape index (κ3) is 5.68. The van der Waals surface area contributed by atoms with Gasteiger partial charge in [-0.05, 0) is 24.1 Å². The Morgan fingerprint density at radius 1 is 1.32 bits per heavy atom. The highest BCUT2D eigenvalue weighted by Gasteiger charge is 2.11. The van der Waals surface area contributed by atoms with Crippen LogP contribution < -0.4 is 10.1 Å². The van der Waals surface area contributed by atoms with Crippen molar-refractivity contribution < 1.29 is 18.3 Å². The average Bonchev–Trinajstić information content (AvgIpc) is 2.37. The van der Waals surface area contributed by atoms with E-state index in [4.69, 9.17) is 0 Å². The Hall–Kier alpha value is -1.65. The fraction of sp³-hybridized carbons (Fsp3) is 0.500. The van der Waals surface area contributed by atoms with Gasteiger partial charge in [-0.15, -0.1) is 0 Å². The first kappa shape index (κ1) is 15.4. The lowest BCUT2D eigenvalue weighted by Gasteiger charge is -2.11. The molecule has 1 unspecified atom stereocenters. The number of halogens is 2. The number of ether oxygens (including phenoxy) is 1. The minimum Gasteiger partial charge on any atom is -0.435 e. The van der Waals surface area contributed by atoms with Crippen LogP contribution in [-0.4, -0.2) is 12.5 Å². The summed E-state index contributed by atoms with van der Waals surface area (Å²) in [5, 5.41) is 2.82. The Morgan fingerprint density at radius 3 is 2.47 bits per heavy atom. The smallest absolute Gasteiger partial charge is 0.387 e. The highest BCUT2D eigenvalue weighted by Crippen LogP contribution is 2.15. The van der Waals surface area contributed by atoms with Gasteiger partial charge in [0.15, 0.2) is 0 Å². The van der Waals surface area contributed by atoms with Crippen molar-refractivity contribution in [1.29, 1.82) is 0 Å². The Bertz CT molecular complexity index is 393. The Balaban J connectivity index is 2.43. The van der Waals surface area contributed by atoms with Gasteiger partial charge in [-0.3, -0.25) is 4.79 Å². The molecule has 0 heterocycles. The summed E-state index contributed by atoms with van der Waals surface area (Å²) in [5.41, 5.74) is 0.846. The van der Waals surface area contributed by atoms with E-state index in [1.165, 1.54) is 12.1 Å². The van der Waals surface area contributed by atoms with E-state index >= 15 is 0 Å². The van der Waals surface area contributed by atoms with Crippen LogP contribution in [0.25, 0.3) is 0 Å². The van der Waals surface area contributed by atoms with Gasteiger partial charge in [0.2, 0.25) is 5.91 Å². The molecule has 1 N–H and O–H groups in total. The molecule has 0 spiro atoms. The van der Waals surface area contributed by atoms with Crippen LogP contribution in [0.3, 0.4) is 0 Å². The Kier molecular flexibility index (Phi) is 6.25. The molecule has 1 rings (SSSR count). The van der Waals surface area contributed by atoms with Crippen molar-refractivity contribution in [2.45, 2.75) is 39.8 Å². The number of nitrogens with one attached hydrogen (secondary N) is 1. The van der Waals surface area contributed by atoms with Gasteiger partial charge in [-0.25, -0.2) is 0 Å². The van der Waals surface area contributed by atoms with Crippen LogP contribution in [0.2, 0.25) is 0 Å². The number of carbonyl (C=O) groups is 1. The lowest BCUT2D eigenvalue weighted by Crippen LogP contribution is -2.28. The maximum Gasteiger partial charge on any atom is 0.387 e. The summed E-state index contributed by atoms with van der Waals surface area (Å²) in [6.45, 7) is 1.49. The second-order valence-corrected chi connectivity index (χ2v) is 4.43. The lowest BCUT2D eigenvalue weighted by molar-refractivity contribution is -0.124. The summed E-state index contributed by atoms with van der Waals surface area (Å²) in [4.78, 5) is 11.7. The Morgan fingerprint density at radius 2 is 1.95 bits per heavy atom. The number of carbonyl (C=O) groups excluding carboxylic acids is 1. The maximum atomic E-state index is 12.0. The second-order valence-electron chi connectivity index (χ2n) is 4.43. The van der Waals surface area contributed by atoms with E-state index in [0.717, 1.165) is 18.4 Å². The van der Waals surface area contributed by atoms with Gasteiger partial charge in [0.25, 0.3) is 0 Å². The molecule has 1 aromatic rings. The van der Waals surface area contributed by atoms with Crippen molar-refractivity contribution in [3.05, 3.63) is 29.8 Å². The first-order chi connectivity index (χ1) is 9.02. The average molecular weight is 271 g/mol. The zero-order valence-corrected chi connectivity index (χ0v) is 11.2. The summed E-state index contributed by atoms with van der Waals surface area (Å²) in [5.74, 6) is 0.116. The molecule has 0 saturated heterocycles. The van der Waals surface area contributed by atoms with E-state index in [2.05, 4.69) is 10.1 Å². The van der Waals surface area contributed by atoms with Gasteiger partial charge in [-0.1, -0.05) is 32.4 Å². The van der Waals surface area contributed by atoms with Crippen molar-refractivity contribution in [3.8, 4) is 5.75 Å². The fourth-order valence-corrected chi connectivity index (χ4v) is 1.72. The normalized spacial score (nSPS) is 12.3. The number of hydrogen-bond donors (Lipinski definition) is 1. The minimum absolute atomic E-state index is 0.00793. The van der Waals surface area contributed by atoms with Crippen LogP contribution in [0, 0.1) is 5.92 Å². The molecular formula is C14H19F2NO2. The van der Waals surface area contributed by atoms with E-state index in [9.17, 15) is 13.6 Å². The molecule has 3 nitrogen and oxygen atoms in total. The maximum absolute atomic E-state index is 12.0. The van der Waals surface area contributed by atoms with Crippen LogP contribution in [0.15, 0.2) is 24.3 Å². The van der Waals surface area contributed by atoms with Gasteiger partial charge < -0.3 is 10.1 Å². The summed E-state index contributed by atoms with van der Waals surface area (Å²) in [7, 11) is 0. The summed E-state index contributed by atoms with van der Waals surface area (Å²) in [6, 6.07) is 6.23. The van der Waals surface area contributed by atoms with Crippen molar-refractivity contribution in [2.24, 2.45) is 5.92 Å². The predicted molar refractivity (Wildman–Crippen MR) is 69.0 cm³/mol. The Labute approximate surface area is 112 Å². The van der Waals surface area contributed by atoms with Crippen molar-refractivity contribution in [3.63, 3.8) is 0 Å². The molecular weight excluding hydrogens is 252 g/mol. The van der Waals surface area contributed by atoms with Gasteiger partial charge in [0, 0.05) is 12.5 Å². The predicted octanol–water partition coefficient (Wildman–Crippen LogP) is 3.34. The summed E-state index contributed by atoms with van der Waals surface area (Å²) < 4.78 is 28.2. The van der Waals surface area contributed by atoms with Gasteiger partial charge in [0.05, 0.1) is 0 Å². The molecule has 0 aromatic heterocycles. The molecule has 0 aliphatic rings. The quantitative estimate of drug-likeness (QED) is 0.826. The van der Waals surface area contributed by atoms with E-state index in [1.807, 2.05) is 13.8 Å². The number of rotatable bonds is 7. The molecule has 19 heavy (non-hydrogen) atoms. The number of hydrogen-bond acceptors (Lipinski definition) is 2. The molecule has 0 radical (unpaired) electrons. The minimum atomic E-state index is -2.82. The first-order valence-corrected chi connectivity index (χ1v) is 6.34. The molecule has 1 atom stereocenters. The fourth-order valence-electron chi connectivity index (χ4n) is 1.72. The highest BCUT2D eigenvalue weighted by molar-refractivity contribution is 5.78. The molecule has 0 fully saturated rings. The van der Waals surface area contributed by atoms with E-state index in [0.29, 0.717) is 6.54 Å². The van der Waals surface area contributed by atoms with Gasteiger partial charge in [-0.2, -0.15) is 8.78 Å². The van der Waals surface area contributed by atoms with Gasteiger partial charge >= 0.3 is 6.61 Å². The third-order valence-corrected chi connectivity index (χ3v) is 2.78. The molecule has 106 valence electrons. The second kappa shape index (κ2) is 7.71. The standard InChI is InChI=1S/C14H19F2NO2/c1-3-4-10(2)13(18)17-9-11-5-7-12(8-6-11)19-14(15)16/h5-8,10,14H,3-4,9H2,1-2H3,(H,17,18). The molecule has 1 amide bonds. The SMILES string of the molecule is CCCC(C)C(=O)NCc1ccc(OC(F)F)cc1. The topological polar surface area (TPSA) is 38.3 Å². The molecule has 0 aliphatic heterocycles. The summed E-state index contributed by atoms with van der Waals surface area (Å²) >= 11 is 0. The van der Waals surface area contributed by atoms with Crippen LogP contribution >= 0.6 is 0 Å². The lowest BCUT2D eigenvalue weighted by atomic mass is 10.1. The third-order valence-electron chi connectivity index (χ3n) is 2.78. The zero-order valence-electron chi connectivity index (χ0n) is 11.2. The van der Waals surface area contributed by atoms with Crippen molar-refractivity contribution in [2.75, 3.05) is 0 Å². The summed E-state index contributed by atoms with van der Waals surface area (Å²) in [6.07, 6.45) is 1.82. The van der Waals surface area contributed by atoms with E-state index in [-0.39, 0.29) is 17.6 Å². The molecule has 0 aliphatic carbocycles. The first-order valence-electron chi connectivity index (χ1n) is 6.34. The van der Waals surface area contributed by atoms with Crippen LogP contribution in [0.5, 0.6) is 5.75 Å².